The van der Waals surface area contributed by atoms with E-state index in [1.54, 1.807) is 12.1 Å². The van der Waals surface area contributed by atoms with Crippen molar-refractivity contribution in [1.82, 2.24) is 10.3 Å². The predicted octanol–water partition coefficient (Wildman–Crippen LogP) is 3.73. The van der Waals surface area contributed by atoms with Gasteiger partial charge in [0.15, 0.2) is 5.13 Å². The van der Waals surface area contributed by atoms with Gasteiger partial charge in [0.25, 0.3) is 5.91 Å². The highest BCUT2D eigenvalue weighted by Gasteiger charge is 2.30. The Hall–Kier alpha value is -2.21. The fourth-order valence-corrected chi connectivity index (χ4v) is 4.06. The number of hydrogen-bond acceptors (Lipinski definition) is 4. The van der Waals surface area contributed by atoms with E-state index < -0.39 is 0 Å². The van der Waals surface area contributed by atoms with Crippen molar-refractivity contribution in [3.8, 4) is 0 Å². The van der Waals surface area contributed by atoms with Gasteiger partial charge in [0.2, 0.25) is 5.91 Å². The molecular weight excluding hydrogens is 334 g/mol. The highest BCUT2D eigenvalue weighted by Crippen LogP contribution is 2.36. The zero-order valence-electron chi connectivity index (χ0n) is 14.4. The molecule has 2 aromatic rings. The van der Waals surface area contributed by atoms with Crippen LogP contribution >= 0.6 is 11.3 Å². The molecule has 1 aromatic heterocycles. The molecule has 0 saturated carbocycles. The monoisotopic (exact) mass is 357 g/mol. The van der Waals surface area contributed by atoms with Crippen LogP contribution in [-0.4, -0.2) is 23.3 Å². The van der Waals surface area contributed by atoms with Crippen LogP contribution in [0.25, 0.3) is 0 Å². The number of anilines is 1. The Labute approximate surface area is 151 Å². The summed E-state index contributed by atoms with van der Waals surface area (Å²) in [7, 11) is 0. The molecule has 3 rings (SSSR count). The normalized spacial score (nSPS) is 16.1. The van der Waals surface area contributed by atoms with Gasteiger partial charge in [0.05, 0.1) is 11.6 Å². The molecule has 0 radical (unpaired) electrons. The lowest BCUT2D eigenvalue weighted by Crippen LogP contribution is -2.32. The summed E-state index contributed by atoms with van der Waals surface area (Å²) in [6, 6.07) is 9.08. The molecule has 0 aliphatic heterocycles. The molecule has 1 aliphatic rings. The first-order valence-corrected chi connectivity index (χ1v) is 9.64. The number of amides is 2. The van der Waals surface area contributed by atoms with Crippen LogP contribution in [0, 0.1) is 0 Å². The van der Waals surface area contributed by atoms with E-state index >= 15 is 0 Å². The van der Waals surface area contributed by atoms with Gasteiger partial charge >= 0.3 is 0 Å². The topological polar surface area (TPSA) is 71.1 Å². The fourth-order valence-electron chi connectivity index (χ4n) is 3.00. The van der Waals surface area contributed by atoms with Crippen molar-refractivity contribution in [2.24, 2.45) is 0 Å². The lowest BCUT2D eigenvalue weighted by Gasteiger charge is -2.20. The van der Waals surface area contributed by atoms with E-state index in [1.165, 1.54) is 11.3 Å². The van der Waals surface area contributed by atoms with Gasteiger partial charge in [-0.2, -0.15) is 0 Å². The number of fused-ring (bicyclic) bond motifs is 1. The molecule has 25 heavy (non-hydrogen) atoms. The van der Waals surface area contributed by atoms with Crippen LogP contribution in [0.1, 0.15) is 59.5 Å². The summed E-state index contributed by atoms with van der Waals surface area (Å²) in [5.41, 5.74) is 1.44. The molecular formula is C19H23N3O2S. The second-order valence-electron chi connectivity index (χ2n) is 6.24. The van der Waals surface area contributed by atoms with E-state index in [-0.39, 0.29) is 17.7 Å². The Balaban J connectivity index is 1.71. The van der Waals surface area contributed by atoms with Crippen LogP contribution in [0.4, 0.5) is 5.13 Å². The van der Waals surface area contributed by atoms with Crippen molar-refractivity contribution in [3.05, 3.63) is 46.5 Å². The highest BCUT2D eigenvalue weighted by atomic mass is 32.1. The van der Waals surface area contributed by atoms with Crippen molar-refractivity contribution in [2.75, 3.05) is 11.9 Å². The van der Waals surface area contributed by atoms with Crippen LogP contribution in [0.2, 0.25) is 0 Å². The maximum absolute atomic E-state index is 12.5. The van der Waals surface area contributed by atoms with Gasteiger partial charge in [0, 0.05) is 17.0 Å². The lowest BCUT2D eigenvalue weighted by atomic mass is 9.90. The van der Waals surface area contributed by atoms with Gasteiger partial charge in [-0.25, -0.2) is 4.98 Å². The van der Waals surface area contributed by atoms with E-state index in [0.717, 1.165) is 42.7 Å². The molecule has 132 valence electrons. The molecule has 6 heteroatoms. The van der Waals surface area contributed by atoms with Crippen molar-refractivity contribution < 1.29 is 9.59 Å². The molecule has 1 aromatic carbocycles. The number of hydrogen-bond donors (Lipinski definition) is 2. The third-order valence-electron chi connectivity index (χ3n) is 4.36. The van der Waals surface area contributed by atoms with Gasteiger partial charge < -0.3 is 5.32 Å². The molecule has 2 amide bonds. The van der Waals surface area contributed by atoms with Crippen molar-refractivity contribution in [3.63, 3.8) is 0 Å². The van der Waals surface area contributed by atoms with Crippen LogP contribution in [0.3, 0.4) is 0 Å². The van der Waals surface area contributed by atoms with E-state index in [0.29, 0.717) is 17.2 Å². The third-order valence-corrected chi connectivity index (χ3v) is 5.40. The first-order valence-electron chi connectivity index (χ1n) is 8.82. The number of rotatable bonds is 6. The smallest absolute Gasteiger partial charge is 0.257 e. The van der Waals surface area contributed by atoms with E-state index in [9.17, 15) is 9.59 Å². The first-order chi connectivity index (χ1) is 12.2. The van der Waals surface area contributed by atoms with Crippen LogP contribution in [0.15, 0.2) is 30.3 Å². The van der Waals surface area contributed by atoms with Crippen LogP contribution in [-0.2, 0) is 11.2 Å². The average molecular weight is 357 g/mol. The minimum Gasteiger partial charge on any atom is -0.356 e. The summed E-state index contributed by atoms with van der Waals surface area (Å²) < 4.78 is 0. The number of carbonyl (C=O) groups is 2. The molecule has 0 saturated heterocycles. The Morgan fingerprint density at radius 2 is 2.08 bits per heavy atom. The van der Waals surface area contributed by atoms with Crippen LogP contribution < -0.4 is 10.6 Å². The molecule has 0 bridgehead atoms. The minimum absolute atomic E-state index is 0.0561. The number of aromatic nitrogens is 1. The fraction of sp³-hybridized carbons (Fsp3) is 0.421. The summed E-state index contributed by atoms with van der Waals surface area (Å²) in [6.07, 6.45) is 4.77. The molecule has 0 spiro atoms. The molecule has 1 atom stereocenters. The Morgan fingerprint density at radius 3 is 2.84 bits per heavy atom. The van der Waals surface area contributed by atoms with E-state index in [2.05, 4.69) is 22.5 Å². The van der Waals surface area contributed by atoms with Gasteiger partial charge in [-0.1, -0.05) is 31.5 Å². The molecule has 5 nitrogen and oxygen atoms in total. The number of benzene rings is 1. The van der Waals surface area contributed by atoms with E-state index in [4.69, 9.17) is 0 Å². The van der Waals surface area contributed by atoms with Gasteiger partial charge in [-0.3, -0.25) is 14.9 Å². The van der Waals surface area contributed by atoms with Crippen molar-refractivity contribution in [2.45, 2.75) is 44.9 Å². The van der Waals surface area contributed by atoms with Gasteiger partial charge in [-0.15, -0.1) is 11.3 Å². The lowest BCUT2D eigenvalue weighted by molar-refractivity contribution is -0.122. The number of nitrogens with zero attached hydrogens (tertiary/aromatic N) is 1. The average Bonchev–Trinajstić information content (AvgIpc) is 3.04. The van der Waals surface area contributed by atoms with Gasteiger partial charge in [0.1, 0.15) is 0 Å². The minimum atomic E-state index is -0.195. The molecule has 1 heterocycles. The third kappa shape index (κ3) is 4.25. The first kappa shape index (κ1) is 17.6. The maximum atomic E-state index is 12.5. The number of aryl methyl sites for hydroxylation is 1. The maximum Gasteiger partial charge on any atom is 0.257 e. The van der Waals surface area contributed by atoms with E-state index in [1.807, 2.05) is 18.2 Å². The van der Waals surface area contributed by atoms with Crippen LogP contribution in [0.5, 0.6) is 0 Å². The number of nitrogens with one attached hydrogen (secondary N) is 2. The Kier molecular flexibility index (Phi) is 5.81. The largest absolute Gasteiger partial charge is 0.356 e. The standard InChI is InChI=1S/C19H23N3O2S/c1-2-3-12-20-18(24)14-10-7-11-15-16(14)21-19(25-15)22-17(23)13-8-5-4-6-9-13/h4-6,8-9,14H,2-3,7,10-12H2,1H3,(H,20,24)(H,21,22,23). The molecule has 1 aliphatic carbocycles. The highest BCUT2D eigenvalue weighted by molar-refractivity contribution is 7.15. The summed E-state index contributed by atoms with van der Waals surface area (Å²) in [5, 5.41) is 6.45. The second-order valence-corrected chi connectivity index (χ2v) is 7.32. The predicted molar refractivity (Wildman–Crippen MR) is 100 cm³/mol. The van der Waals surface area contributed by atoms with Gasteiger partial charge in [-0.05, 0) is 37.8 Å². The Bertz CT molecular complexity index is 742. The second kappa shape index (κ2) is 8.25. The zero-order chi connectivity index (χ0) is 17.6. The summed E-state index contributed by atoms with van der Waals surface area (Å²) in [4.78, 5) is 30.4. The molecule has 0 fully saturated rings. The quantitative estimate of drug-likeness (QED) is 0.774. The number of unbranched alkanes of at least 4 members (excludes halogenated alkanes) is 1. The van der Waals surface area contributed by atoms with Crippen molar-refractivity contribution in [1.29, 1.82) is 0 Å². The Morgan fingerprint density at radius 1 is 1.28 bits per heavy atom. The molecule has 2 N–H and O–H groups in total. The number of carbonyl (C=O) groups excluding carboxylic acids is 2. The van der Waals surface area contributed by atoms with Crippen molar-refractivity contribution >= 4 is 28.3 Å². The zero-order valence-corrected chi connectivity index (χ0v) is 15.2. The summed E-state index contributed by atoms with van der Waals surface area (Å²) >= 11 is 1.48. The summed E-state index contributed by atoms with van der Waals surface area (Å²) in [6.45, 7) is 2.82. The number of thiazole rings is 1. The summed E-state index contributed by atoms with van der Waals surface area (Å²) in [5.74, 6) is -0.310. The SMILES string of the molecule is CCCCNC(=O)C1CCCc2sc(NC(=O)c3ccccc3)nc21. The molecule has 1 unspecified atom stereocenters.